The van der Waals surface area contributed by atoms with E-state index in [-0.39, 0.29) is 0 Å². The number of hydrogen-bond acceptors (Lipinski definition) is 2. The average molecular weight is 262 g/mol. The summed E-state index contributed by atoms with van der Waals surface area (Å²) in [5.41, 5.74) is 0.749. The van der Waals surface area contributed by atoms with E-state index in [4.69, 9.17) is 4.74 Å². The lowest BCUT2D eigenvalue weighted by atomic mass is 9.85. The van der Waals surface area contributed by atoms with Crippen LogP contribution in [0.4, 0.5) is 0 Å². The van der Waals surface area contributed by atoms with Gasteiger partial charge in [-0.3, -0.25) is 0 Å². The molecule has 106 valence electrons. The van der Waals surface area contributed by atoms with Gasteiger partial charge in [0.2, 0.25) is 0 Å². The van der Waals surface area contributed by atoms with Gasteiger partial charge in [0.05, 0.1) is 5.60 Å². The largest absolute Gasteiger partial charge is 0.491 e. The first kappa shape index (κ1) is 14.4. The van der Waals surface area contributed by atoms with Gasteiger partial charge < -0.3 is 9.84 Å². The van der Waals surface area contributed by atoms with Gasteiger partial charge in [-0.2, -0.15) is 0 Å². The summed E-state index contributed by atoms with van der Waals surface area (Å²) in [6, 6.07) is 8.31. The molecule has 1 saturated carbocycles. The van der Waals surface area contributed by atoms with Crippen molar-refractivity contribution in [1.29, 1.82) is 0 Å². The lowest BCUT2D eigenvalue weighted by Gasteiger charge is -2.31. The molecule has 0 heterocycles. The Hall–Kier alpha value is -1.02. The molecule has 0 bridgehead atoms. The summed E-state index contributed by atoms with van der Waals surface area (Å²) in [5, 5.41) is 10.4. The molecule has 2 nitrogen and oxygen atoms in total. The smallest absolute Gasteiger partial charge is 0.119 e. The zero-order valence-electron chi connectivity index (χ0n) is 12.2. The van der Waals surface area contributed by atoms with E-state index in [2.05, 4.69) is 26.0 Å². The second-order valence-electron chi connectivity index (χ2n) is 5.95. The number of aliphatic hydroxyl groups is 1. The van der Waals surface area contributed by atoms with E-state index in [1.807, 2.05) is 12.1 Å². The Labute approximate surface area is 116 Å². The Kier molecular flexibility index (Phi) is 4.87. The van der Waals surface area contributed by atoms with Gasteiger partial charge in [0, 0.05) is 0 Å². The molecule has 0 radical (unpaired) electrons. The first-order chi connectivity index (χ1) is 9.13. The standard InChI is InChI=1S/C17H26O2/c1-3-14(2)15-7-9-16(10-8-15)19-13-17(18)11-5-4-6-12-17/h7-10,14,18H,3-6,11-13H2,1-2H3. The predicted octanol–water partition coefficient (Wildman–Crippen LogP) is 4.27. The highest BCUT2D eigenvalue weighted by atomic mass is 16.5. The highest BCUT2D eigenvalue weighted by Crippen LogP contribution is 2.29. The van der Waals surface area contributed by atoms with Crippen LogP contribution in [0.5, 0.6) is 5.75 Å². The molecule has 0 aromatic heterocycles. The first-order valence-corrected chi connectivity index (χ1v) is 7.58. The third-order valence-electron chi connectivity index (χ3n) is 4.35. The van der Waals surface area contributed by atoms with Crippen LogP contribution in [0.2, 0.25) is 0 Å². The lowest BCUT2D eigenvalue weighted by molar-refractivity contribution is -0.0339. The fraction of sp³-hybridized carbons (Fsp3) is 0.647. The fourth-order valence-corrected chi connectivity index (χ4v) is 2.70. The molecule has 1 atom stereocenters. The van der Waals surface area contributed by atoms with Gasteiger partial charge in [-0.05, 0) is 42.9 Å². The Balaban J connectivity index is 1.89. The van der Waals surface area contributed by atoms with Crippen molar-refractivity contribution < 1.29 is 9.84 Å². The molecular formula is C17H26O2. The zero-order chi connectivity index (χ0) is 13.7. The van der Waals surface area contributed by atoms with Crippen molar-refractivity contribution in [3.05, 3.63) is 29.8 Å². The summed E-state index contributed by atoms with van der Waals surface area (Å²) in [6.07, 6.45) is 6.38. The van der Waals surface area contributed by atoms with Gasteiger partial charge in [0.25, 0.3) is 0 Å². The summed E-state index contributed by atoms with van der Waals surface area (Å²) < 4.78 is 5.77. The van der Waals surface area contributed by atoms with Crippen molar-refractivity contribution in [2.75, 3.05) is 6.61 Å². The van der Waals surface area contributed by atoms with Crippen LogP contribution in [0.1, 0.15) is 63.9 Å². The topological polar surface area (TPSA) is 29.5 Å². The zero-order valence-corrected chi connectivity index (χ0v) is 12.2. The van der Waals surface area contributed by atoms with E-state index >= 15 is 0 Å². The van der Waals surface area contributed by atoms with E-state index in [1.54, 1.807) is 0 Å². The summed E-state index contributed by atoms with van der Waals surface area (Å²) in [6.45, 7) is 4.87. The monoisotopic (exact) mass is 262 g/mol. The summed E-state index contributed by atoms with van der Waals surface area (Å²) in [7, 11) is 0. The predicted molar refractivity (Wildman–Crippen MR) is 78.7 cm³/mol. The molecule has 1 N–H and O–H groups in total. The second kappa shape index (κ2) is 6.42. The van der Waals surface area contributed by atoms with Crippen LogP contribution in [0.15, 0.2) is 24.3 Å². The molecule has 19 heavy (non-hydrogen) atoms. The van der Waals surface area contributed by atoms with Gasteiger partial charge in [0.15, 0.2) is 0 Å². The van der Waals surface area contributed by atoms with Gasteiger partial charge in [-0.1, -0.05) is 45.2 Å². The van der Waals surface area contributed by atoms with Crippen LogP contribution < -0.4 is 4.74 Å². The van der Waals surface area contributed by atoms with Crippen molar-refractivity contribution in [1.82, 2.24) is 0 Å². The summed E-state index contributed by atoms with van der Waals surface area (Å²) in [4.78, 5) is 0. The first-order valence-electron chi connectivity index (χ1n) is 7.58. The normalized spacial score (nSPS) is 19.9. The molecule has 1 aliphatic rings. The Morgan fingerprint density at radius 2 is 1.79 bits per heavy atom. The lowest BCUT2D eigenvalue weighted by Crippen LogP contribution is -2.37. The van der Waals surface area contributed by atoms with Crippen LogP contribution in [-0.2, 0) is 0 Å². The molecule has 1 fully saturated rings. The molecule has 2 heteroatoms. The fourth-order valence-electron chi connectivity index (χ4n) is 2.70. The number of benzene rings is 1. The molecular weight excluding hydrogens is 236 g/mol. The number of rotatable bonds is 5. The van der Waals surface area contributed by atoms with E-state index in [9.17, 15) is 5.11 Å². The molecule has 0 amide bonds. The summed E-state index contributed by atoms with van der Waals surface area (Å²) in [5.74, 6) is 1.46. The van der Waals surface area contributed by atoms with Crippen LogP contribution in [0.3, 0.4) is 0 Å². The highest BCUT2D eigenvalue weighted by Gasteiger charge is 2.29. The van der Waals surface area contributed by atoms with E-state index in [0.29, 0.717) is 12.5 Å². The van der Waals surface area contributed by atoms with Crippen LogP contribution in [0, 0.1) is 0 Å². The third kappa shape index (κ3) is 3.97. The van der Waals surface area contributed by atoms with Crippen molar-refractivity contribution in [2.24, 2.45) is 0 Å². The molecule has 2 rings (SSSR count). The number of ether oxygens (including phenoxy) is 1. The van der Waals surface area contributed by atoms with Crippen molar-refractivity contribution in [3.63, 3.8) is 0 Å². The molecule has 0 spiro atoms. The van der Waals surface area contributed by atoms with Crippen molar-refractivity contribution in [3.8, 4) is 5.75 Å². The minimum Gasteiger partial charge on any atom is -0.491 e. The van der Waals surface area contributed by atoms with Gasteiger partial charge in [0.1, 0.15) is 12.4 Å². The highest BCUT2D eigenvalue weighted by molar-refractivity contribution is 5.29. The maximum atomic E-state index is 10.4. The minimum atomic E-state index is -0.604. The van der Waals surface area contributed by atoms with Crippen molar-refractivity contribution >= 4 is 0 Å². The minimum absolute atomic E-state index is 0.426. The maximum Gasteiger partial charge on any atom is 0.119 e. The molecule has 1 aromatic carbocycles. The SMILES string of the molecule is CCC(C)c1ccc(OCC2(O)CCCCC2)cc1. The Morgan fingerprint density at radius 1 is 1.16 bits per heavy atom. The molecule has 0 aliphatic heterocycles. The van der Waals surface area contributed by atoms with Gasteiger partial charge >= 0.3 is 0 Å². The molecule has 1 aromatic rings. The van der Waals surface area contributed by atoms with Crippen LogP contribution in [-0.4, -0.2) is 17.3 Å². The van der Waals surface area contributed by atoms with Crippen LogP contribution in [0.25, 0.3) is 0 Å². The summed E-state index contributed by atoms with van der Waals surface area (Å²) >= 11 is 0. The van der Waals surface area contributed by atoms with E-state index < -0.39 is 5.60 Å². The maximum absolute atomic E-state index is 10.4. The second-order valence-corrected chi connectivity index (χ2v) is 5.95. The van der Waals surface area contributed by atoms with Gasteiger partial charge in [-0.15, -0.1) is 0 Å². The number of hydrogen-bond donors (Lipinski definition) is 1. The Bertz CT molecular complexity index is 377. The van der Waals surface area contributed by atoms with E-state index in [0.717, 1.165) is 37.9 Å². The average Bonchev–Trinajstić information content (AvgIpc) is 2.46. The van der Waals surface area contributed by atoms with E-state index in [1.165, 1.54) is 12.0 Å². The van der Waals surface area contributed by atoms with Crippen LogP contribution >= 0.6 is 0 Å². The molecule has 1 aliphatic carbocycles. The van der Waals surface area contributed by atoms with Gasteiger partial charge in [-0.25, -0.2) is 0 Å². The van der Waals surface area contributed by atoms with Crippen molar-refractivity contribution in [2.45, 2.75) is 63.9 Å². The quantitative estimate of drug-likeness (QED) is 0.858. The molecule has 0 saturated heterocycles. The third-order valence-corrected chi connectivity index (χ3v) is 4.35. The molecule has 1 unspecified atom stereocenters. The Morgan fingerprint density at radius 3 is 2.37 bits per heavy atom.